The Kier molecular flexibility index (Phi) is 3.81. The normalized spacial score (nSPS) is 9.59. The highest BCUT2D eigenvalue weighted by molar-refractivity contribution is 5.89. The van der Waals surface area contributed by atoms with Crippen LogP contribution >= 0.6 is 0 Å². The monoisotopic (exact) mass is 241 g/mol. The minimum atomic E-state index is -0.699. The van der Waals surface area contributed by atoms with Crippen molar-refractivity contribution in [2.45, 2.75) is 0 Å². The lowest BCUT2D eigenvalue weighted by atomic mass is 10.3. The number of esters is 1. The number of rotatable bonds is 4. The van der Waals surface area contributed by atoms with E-state index in [-0.39, 0.29) is 22.9 Å². The van der Waals surface area contributed by atoms with E-state index in [0.29, 0.717) is 0 Å². The third-order valence-electron chi connectivity index (χ3n) is 1.99. The second-order valence-corrected chi connectivity index (χ2v) is 2.91. The highest BCUT2D eigenvalue weighted by Crippen LogP contribution is 2.33. The largest absolute Gasteiger partial charge is 0.490 e. The van der Waals surface area contributed by atoms with Gasteiger partial charge < -0.3 is 14.8 Å². The summed E-state index contributed by atoms with van der Waals surface area (Å²) in [6, 6.07) is 1.16. The molecule has 1 N–H and O–H groups in total. The summed E-state index contributed by atoms with van der Waals surface area (Å²) in [5.74, 6) is -0.820. The van der Waals surface area contributed by atoms with Crippen LogP contribution in [0.25, 0.3) is 0 Å². The van der Waals surface area contributed by atoms with Gasteiger partial charge in [0, 0.05) is 13.1 Å². The van der Waals surface area contributed by atoms with E-state index in [4.69, 9.17) is 4.74 Å². The van der Waals surface area contributed by atoms with Gasteiger partial charge in [-0.15, -0.1) is 0 Å². The summed E-state index contributed by atoms with van der Waals surface area (Å²) in [7, 11) is 3.91. The SMILES string of the molecule is CNc1nc(C(=O)OC)cc(OC)c1[N+](=O)[O-]. The quantitative estimate of drug-likeness (QED) is 0.473. The Labute approximate surface area is 96.7 Å². The van der Waals surface area contributed by atoms with Gasteiger partial charge in [0.15, 0.2) is 5.69 Å². The van der Waals surface area contributed by atoms with E-state index in [1.54, 1.807) is 0 Å². The molecule has 1 aromatic rings. The van der Waals surface area contributed by atoms with Crippen LogP contribution in [0.2, 0.25) is 0 Å². The fourth-order valence-corrected chi connectivity index (χ4v) is 1.23. The molecule has 0 spiro atoms. The number of hydrogen-bond acceptors (Lipinski definition) is 7. The zero-order valence-corrected chi connectivity index (χ0v) is 9.51. The maximum atomic E-state index is 11.3. The van der Waals surface area contributed by atoms with Gasteiger partial charge in [-0.2, -0.15) is 0 Å². The summed E-state index contributed by atoms with van der Waals surface area (Å²) in [4.78, 5) is 25.3. The molecule has 0 bridgehead atoms. The van der Waals surface area contributed by atoms with Gasteiger partial charge in [-0.25, -0.2) is 9.78 Å². The summed E-state index contributed by atoms with van der Waals surface area (Å²) in [5.41, 5.74) is -0.401. The number of nitro groups is 1. The zero-order chi connectivity index (χ0) is 13.0. The van der Waals surface area contributed by atoms with Crippen molar-refractivity contribution in [2.24, 2.45) is 0 Å². The fraction of sp³-hybridized carbons (Fsp3) is 0.333. The van der Waals surface area contributed by atoms with Crippen LogP contribution in [0.1, 0.15) is 10.5 Å². The number of ether oxygens (including phenoxy) is 2. The molecule has 0 aliphatic heterocycles. The Morgan fingerprint density at radius 3 is 2.59 bits per heavy atom. The number of hydrogen-bond donors (Lipinski definition) is 1. The predicted molar refractivity (Wildman–Crippen MR) is 58.3 cm³/mol. The first-order valence-electron chi connectivity index (χ1n) is 4.54. The van der Waals surface area contributed by atoms with Gasteiger partial charge in [-0.1, -0.05) is 0 Å². The van der Waals surface area contributed by atoms with E-state index in [1.807, 2.05) is 0 Å². The molecule has 0 saturated heterocycles. The summed E-state index contributed by atoms with van der Waals surface area (Å²) < 4.78 is 9.34. The molecule has 8 heteroatoms. The van der Waals surface area contributed by atoms with E-state index in [0.717, 1.165) is 6.07 Å². The molecule has 0 aliphatic rings. The van der Waals surface area contributed by atoms with Crippen LogP contribution in [-0.2, 0) is 4.74 Å². The van der Waals surface area contributed by atoms with E-state index in [2.05, 4.69) is 15.0 Å². The molecule has 0 atom stereocenters. The molecule has 1 rings (SSSR count). The van der Waals surface area contributed by atoms with E-state index < -0.39 is 10.9 Å². The Morgan fingerprint density at radius 1 is 1.53 bits per heavy atom. The average Bonchev–Trinajstić information content (AvgIpc) is 2.35. The van der Waals surface area contributed by atoms with Crippen LogP contribution in [0.3, 0.4) is 0 Å². The predicted octanol–water partition coefficient (Wildman–Crippen LogP) is 0.827. The summed E-state index contributed by atoms with van der Waals surface area (Å²) in [6.45, 7) is 0. The van der Waals surface area contributed by atoms with Crippen molar-refractivity contribution in [3.8, 4) is 5.75 Å². The molecule has 1 aromatic heterocycles. The van der Waals surface area contributed by atoms with Crippen LogP contribution < -0.4 is 10.1 Å². The molecule has 92 valence electrons. The first-order valence-corrected chi connectivity index (χ1v) is 4.54. The molecule has 0 unspecified atom stereocenters. The topological polar surface area (TPSA) is 104 Å². The highest BCUT2D eigenvalue weighted by atomic mass is 16.6. The third-order valence-corrected chi connectivity index (χ3v) is 1.99. The average molecular weight is 241 g/mol. The van der Waals surface area contributed by atoms with E-state index >= 15 is 0 Å². The Bertz CT molecular complexity index is 435. The standard InChI is InChI=1S/C9H11N3O5/c1-10-8-7(12(14)15)6(16-2)4-5(11-8)9(13)17-3/h4H,1-3H3,(H,10,11). The molecule has 17 heavy (non-hydrogen) atoms. The van der Waals surface area contributed by atoms with Crippen molar-refractivity contribution in [2.75, 3.05) is 26.6 Å². The number of anilines is 1. The first kappa shape index (κ1) is 12.7. The Balaban J connectivity index is 3.44. The molecule has 0 aliphatic carbocycles. The highest BCUT2D eigenvalue weighted by Gasteiger charge is 2.25. The number of carbonyl (C=O) groups excluding carboxylic acids is 1. The van der Waals surface area contributed by atoms with Gasteiger partial charge in [0.05, 0.1) is 19.1 Å². The number of aromatic nitrogens is 1. The molecule has 8 nitrogen and oxygen atoms in total. The number of pyridine rings is 1. The lowest BCUT2D eigenvalue weighted by Gasteiger charge is -2.07. The van der Waals surface area contributed by atoms with Crippen LogP contribution in [0.15, 0.2) is 6.07 Å². The molecule has 0 saturated carbocycles. The summed E-state index contributed by atoms with van der Waals surface area (Å²) in [5, 5.41) is 13.4. The molecule has 0 amide bonds. The number of methoxy groups -OCH3 is 2. The minimum absolute atomic E-state index is 0.0604. The van der Waals surface area contributed by atoms with Crippen molar-refractivity contribution < 1.29 is 19.2 Å². The third kappa shape index (κ3) is 2.41. The lowest BCUT2D eigenvalue weighted by Crippen LogP contribution is -2.09. The molecule has 0 radical (unpaired) electrons. The van der Waals surface area contributed by atoms with Crippen molar-refractivity contribution in [1.29, 1.82) is 0 Å². The smallest absolute Gasteiger partial charge is 0.356 e. The Hall–Kier alpha value is -2.38. The fourth-order valence-electron chi connectivity index (χ4n) is 1.23. The van der Waals surface area contributed by atoms with E-state index in [9.17, 15) is 14.9 Å². The van der Waals surface area contributed by atoms with Gasteiger partial charge >= 0.3 is 11.7 Å². The maximum absolute atomic E-state index is 11.3. The Morgan fingerprint density at radius 2 is 2.18 bits per heavy atom. The van der Waals surface area contributed by atoms with Crippen molar-refractivity contribution >= 4 is 17.5 Å². The lowest BCUT2D eigenvalue weighted by molar-refractivity contribution is -0.385. The summed E-state index contributed by atoms with van der Waals surface area (Å²) in [6.07, 6.45) is 0. The zero-order valence-electron chi connectivity index (χ0n) is 9.51. The number of nitrogens with one attached hydrogen (secondary N) is 1. The van der Waals surface area contributed by atoms with Gasteiger partial charge in [-0.05, 0) is 0 Å². The van der Waals surface area contributed by atoms with Crippen LogP contribution in [-0.4, -0.2) is 37.1 Å². The second-order valence-electron chi connectivity index (χ2n) is 2.91. The van der Waals surface area contributed by atoms with E-state index in [1.165, 1.54) is 21.3 Å². The molecular formula is C9H11N3O5. The van der Waals surface area contributed by atoms with Gasteiger partial charge in [0.1, 0.15) is 0 Å². The molecular weight excluding hydrogens is 230 g/mol. The van der Waals surface area contributed by atoms with Gasteiger partial charge in [0.25, 0.3) is 0 Å². The van der Waals surface area contributed by atoms with Crippen LogP contribution in [0.5, 0.6) is 5.75 Å². The second kappa shape index (κ2) is 5.10. The summed E-state index contributed by atoms with van der Waals surface area (Å²) >= 11 is 0. The van der Waals surface area contributed by atoms with Crippen molar-refractivity contribution in [1.82, 2.24) is 4.98 Å². The minimum Gasteiger partial charge on any atom is -0.490 e. The molecule has 1 heterocycles. The van der Waals surface area contributed by atoms with Gasteiger partial charge in [-0.3, -0.25) is 10.1 Å². The first-order chi connectivity index (χ1) is 8.04. The van der Waals surface area contributed by atoms with Crippen molar-refractivity contribution in [3.63, 3.8) is 0 Å². The van der Waals surface area contributed by atoms with Crippen LogP contribution in [0, 0.1) is 10.1 Å². The molecule has 0 aromatic carbocycles. The maximum Gasteiger partial charge on any atom is 0.356 e. The molecule has 0 fully saturated rings. The van der Waals surface area contributed by atoms with Gasteiger partial charge in [0.2, 0.25) is 11.6 Å². The number of nitrogens with zero attached hydrogens (tertiary/aromatic N) is 2. The van der Waals surface area contributed by atoms with Crippen LogP contribution in [0.4, 0.5) is 11.5 Å². The number of carbonyl (C=O) groups is 1. The van der Waals surface area contributed by atoms with Crippen molar-refractivity contribution in [3.05, 3.63) is 21.9 Å².